The van der Waals surface area contributed by atoms with E-state index in [1.165, 1.54) is 67.6 Å². The second kappa shape index (κ2) is 9.81. The second-order valence-corrected chi connectivity index (χ2v) is 12.3. The quantitative estimate of drug-likeness (QED) is 0.364. The molecule has 1 saturated heterocycles. The van der Waals surface area contributed by atoms with Crippen molar-refractivity contribution in [1.82, 2.24) is 9.47 Å². The Bertz CT molecular complexity index is 1310. The van der Waals surface area contributed by atoms with Crippen molar-refractivity contribution in [2.24, 2.45) is 13.0 Å². The molecular weight excluding hydrogens is 459 g/mol. The number of hydrogen-bond donors (Lipinski definition) is 0. The zero-order chi connectivity index (χ0) is 24.6. The van der Waals surface area contributed by atoms with Crippen molar-refractivity contribution in [2.45, 2.75) is 61.5 Å². The van der Waals surface area contributed by atoms with Crippen molar-refractivity contribution in [2.75, 3.05) is 13.1 Å². The van der Waals surface area contributed by atoms with Crippen molar-refractivity contribution < 1.29 is 12.8 Å². The Balaban J connectivity index is 1.33. The van der Waals surface area contributed by atoms with Crippen LogP contribution in [0.1, 0.15) is 62.0 Å². The molecule has 0 bridgehead atoms. The molecule has 1 aliphatic heterocycles. The lowest BCUT2D eigenvalue weighted by Gasteiger charge is -2.38. The number of piperidine rings is 1. The summed E-state index contributed by atoms with van der Waals surface area (Å²) in [5.41, 5.74) is 4.54. The highest BCUT2D eigenvalue weighted by Gasteiger charge is 2.27. The minimum atomic E-state index is -3.55. The fourth-order valence-corrected chi connectivity index (χ4v) is 7.34. The van der Waals surface area contributed by atoms with Gasteiger partial charge in [-0.05, 0) is 85.0 Å². The SMILES string of the molecule is C=C(C1CCCCC1)N1CCC(c2cn(C)c3ccc(CS(=O)(=O)c4ccc(F)cc4)cc23)CC1. The number of halogens is 1. The third kappa shape index (κ3) is 5.04. The molecule has 0 spiro atoms. The van der Waals surface area contributed by atoms with E-state index in [0.29, 0.717) is 11.8 Å². The van der Waals surface area contributed by atoms with Crippen LogP contribution < -0.4 is 0 Å². The van der Waals surface area contributed by atoms with E-state index in [4.69, 9.17) is 0 Å². The molecule has 1 aromatic heterocycles. The first-order valence-electron chi connectivity index (χ1n) is 12.8. The second-order valence-electron chi connectivity index (χ2n) is 10.3. The van der Waals surface area contributed by atoms with Crippen molar-refractivity contribution in [3.63, 3.8) is 0 Å². The molecule has 0 unspecified atom stereocenters. The van der Waals surface area contributed by atoms with Gasteiger partial charge in [0.05, 0.1) is 10.6 Å². The Morgan fingerprint density at radius 3 is 2.37 bits per heavy atom. The van der Waals surface area contributed by atoms with Gasteiger partial charge in [-0.1, -0.05) is 31.9 Å². The average molecular weight is 495 g/mol. The molecule has 3 aromatic rings. The number of aryl methyl sites for hydroxylation is 1. The minimum absolute atomic E-state index is 0.0947. The molecule has 0 N–H and O–H groups in total. The standard InChI is InChI=1S/C29H35FN2O2S/c1-21(23-6-4-3-5-7-23)32-16-14-24(15-17-32)28-19-31(2)29-13-8-22(18-27(28)29)20-35(33,34)26-11-9-25(30)10-12-26/h8-13,18-19,23-24H,1,3-7,14-17,20H2,2H3. The van der Waals surface area contributed by atoms with Crippen LogP contribution in [0.2, 0.25) is 0 Å². The monoisotopic (exact) mass is 494 g/mol. The predicted molar refractivity (Wildman–Crippen MR) is 139 cm³/mol. The van der Waals surface area contributed by atoms with E-state index in [9.17, 15) is 12.8 Å². The molecule has 0 radical (unpaired) electrons. The number of hydrogen-bond acceptors (Lipinski definition) is 3. The maximum atomic E-state index is 13.3. The summed E-state index contributed by atoms with van der Waals surface area (Å²) in [5.74, 6) is 0.580. The molecule has 2 aliphatic rings. The van der Waals surface area contributed by atoms with Gasteiger partial charge in [-0.3, -0.25) is 0 Å². The molecule has 186 valence electrons. The van der Waals surface area contributed by atoms with Crippen molar-refractivity contribution >= 4 is 20.7 Å². The van der Waals surface area contributed by atoms with Gasteiger partial charge in [0.1, 0.15) is 5.82 Å². The highest BCUT2D eigenvalue weighted by molar-refractivity contribution is 7.90. The molecule has 0 atom stereocenters. The van der Waals surface area contributed by atoms with E-state index in [1.807, 2.05) is 18.2 Å². The van der Waals surface area contributed by atoms with Crippen LogP contribution in [-0.2, 0) is 22.6 Å². The Kier molecular flexibility index (Phi) is 6.75. The smallest absolute Gasteiger partial charge is 0.182 e. The van der Waals surface area contributed by atoms with E-state index in [2.05, 4.69) is 29.3 Å². The number of aromatic nitrogens is 1. The number of likely N-dealkylation sites (tertiary alicyclic amines) is 1. The maximum absolute atomic E-state index is 13.3. The molecule has 2 aromatic carbocycles. The van der Waals surface area contributed by atoms with Gasteiger partial charge in [0.2, 0.25) is 0 Å². The van der Waals surface area contributed by atoms with Gasteiger partial charge in [0.15, 0.2) is 9.84 Å². The van der Waals surface area contributed by atoms with Crippen LogP contribution in [0.15, 0.2) is 65.8 Å². The molecule has 1 saturated carbocycles. The summed E-state index contributed by atoms with van der Waals surface area (Å²) in [6.45, 7) is 6.55. The highest BCUT2D eigenvalue weighted by Crippen LogP contribution is 2.38. The van der Waals surface area contributed by atoms with Crippen LogP contribution >= 0.6 is 0 Å². The van der Waals surface area contributed by atoms with Crippen LogP contribution in [0.4, 0.5) is 4.39 Å². The van der Waals surface area contributed by atoms with E-state index >= 15 is 0 Å². The number of fused-ring (bicyclic) bond motifs is 1. The molecule has 35 heavy (non-hydrogen) atoms. The van der Waals surface area contributed by atoms with E-state index < -0.39 is 15.7 Å². The fraction of sp³-hybridized carbons (Fsp3) is 0.448. The minimum Gasteiger partial charge on any atom is -0.375 e. The molecule has 4 nitrogen and oxygen atoms in total. The van der Waals surface area contributed by atoms with Gasteiger partial charge in [0.25, 0.3) is 0 Å². The lowest BCUT2D eigenvalue weighted by molar-refractivity contribution is 0.221. The molecule has 2 heterocycles. The number of sulfone groups is 1. The van der Waals surface area contributed by atoms with Crippen molar-refractivity contribution in [3.05, 3.63) is 77.9 Å². The van der Waals surface area contributed by atoms with Gasteiger partial charge < -0.3 is 9.47 Å². The zero-order valence-corrected chi connectivity index (χ0v) is 21.4. The molecule has 5 rings (SSSR count). The third-order valence-electron chi connectivity index (χ3n) is 8.03. The Morgan fingerprint density at radius 2 is 1.69 bits per heavy atom. The fourth-order valence-electron chi connectivity index (χ4n) is 6.00. The number of rotatable bonds is 6. The molecule has 1 aliphatic carbocycles. The number of nitrogens with zero attached hydrogens (tertiary/aromatic N) is 2. The van der Waals surface area contributed by atoms with Crippen LogP contribution in [0.25, 0.3) is 10.9 Å². The van der Waals surface area contributed by atoms with Crippen LogP contribution in [-0.4, -0.2) is 31.0 Å². The van der Waals surface area contributed by atoms with Gasteiger partial charge in [0, 0.05) is 42.9 Å². The maximum Gasteiger partial charge on any atom is 0.182 e. The zero-order valence-electron chi connectivity index (χ0n) is 20.5. The third-order valence-corrected chi connectivity index (χ3v) is 9.74. The lowest BCUT2D eigenvalue weighted by atomic mass is 9.84. The lowest BCUT2D eigenvalue weighted by Crippen LogP contribution is -2.35. The normalized spacial score (nSPS) is 18.3. The first kappa shape index (κ1) is 24.1. The van der Waals surface area contributed by atoms with E-state index in [1.54, 1.807) is 0 Å². The van der Waals surface area contributed by atoms with Gasteiger partial charge in [-0.2, -0.15) is 0 Å². The first-order valence-corrected chi connectivity index (χ1v) is 14.5. The summed E-state index contributed by atoms with van der Waals surface area (Å²) >= 11 is 0. The van der Waals surface area contributed by atoms with Crippen LogP contribution in [0, 0.1) is 11.7 Å². The Hall–Kier alpha value is -2.60. The summed E-state index contributed by atoms with van der Waals surface area (Å²) in [6, 6.07) is 11.0. The van der Waals surface area contributed by atoms with Crippen LogP contribution in [0.5, 0.6) is 0 Å². The van der Waals surface area contributed by atoms with Gasteiger partial charge in [-0.15, -0.1) is 0 Å². The summed E-state index contributed by atoms with van der Waals surface area (Å²) in [4.78, 5) is 2.66. The average Bonchev–Trinajstić information content (AvgIpc) is 3.20. The van der Waals surface area contributed by atoms with Crippen LogP contribution in [0.3, 0.4) is 0 Å². The first-order chi connectivity index (χ1) is 16.8. The highest BCUT2D eigenvalue weighted by atomic mass is 32.2. The summed E-state index contributed by atoms with van der Waals surface area (Å²) in [7, 11) is -1.49. The Labute approximate surface area is 208 Å². The molecule has 6 heteroatoms. The summed E-state index contributed by atoms with van der Waals surface area (Å²) < 4.78 is 41.3. The van der Waals surface area contributed by atoms with Crippen molar-refractivity contribution in [3.8, 4) is 0 Å². The van der Waals surface area contributed by atoms with Gasteiger partial charge >= 0.3 is 0 Å². The molecule has 0 amide bonds. The van der Waals surface area contributed by atoms with Gasteiger partial charge in [-0.25, -0.2) is 12.8 Å². The molecule has 2 fully saturated rings. The number of allylic oxidation sites excluding steroid dienone is 1. The summed E-state index contributed by atoms with van der Waals surface area (Å²) in [5, 5.41) is 1.14. The molecular formula is C29H35FN2O2S. The number of benzene rings is 2. The summed E-state index contributed by atoms with van der Waals surface area (Å²) in [6.07, 6.45) is 11.0. The largest absolute Gasteiger partial charge is 0.375 e. The van der Waals surface area contributed by atoms with E-state index in [-0.39, 0.29) is 10.6 Å². The van der Waals surface area contributed by atoms with Crippen molar-refractivity contribution in [1.29, 1.82) is 0 Å². The Morgan fingerprint density at radius 1 is 1.00 bits per heavy atom. The predicted octanol–water partition coefficient (Wildman–Crippen LogP) is 6.56. The topological polar surface area (TPSA) is 42.3 Å². The van der Waals surface area contributed by atoms with E-state index in [0.717, 1.165) is 42.4 Å².